The highest BCUT2D eigenvalue weighted by Crippen LogP contribution is 2.31. The summed E-state index contributed by atoms with van der Waals surface area (Å²) < 4.78 is 49.2. The summed E-state index contributed by atoms with van der Waals surface area (Å²) in [6, 6.07) is 2.58. The molecule has 2 N–H and O–H groups in total. The fourth-order valence-corrected chi connectivity index (χ4v) is 0.976. The van der Waals surface area contributed by atoms with Crippen LogP contribution in [0, 0.1) is 5.82 Å². The van der Waals surface area contributed by atoms with Crippen molar-refractivity contribution in [3.05, 3.63) is 35.1 Å². The van der Waals surface area contributed by atoms with Crippen molar-refractivity contribution in [3.63, 3.8) is 0 Å². The average Bonchev–Trinajstić information content (AvgIpc) is 2.07. The molecule has 0 atom stereocenters. The SMILES string of the molecule is NOCc1ccc(F)c(C(F)(F)F)c1. The molecular weight excluding hydrogens is 202 g/mol. The van der Waals surface area contributed by atoms with Gasteiger partial charge >= 0.3 is 6.18 Å². The minimum atomic E-state index is -4.70. The van der Waals surface area contributed by atoms with E-state index in [0.717, 1.165) is 6.07 Å². The average molecular weight is 209 g/mol. The molecule has 0 aliphatic rings. The van der Waals surface area contributed by atoms with Crippen LogP contribution in [0.3, 0.4) is 0 Å². The smallest absolute Gasteiger partial charge is 0.300 e. The van der Waals surface area contributed by atoms with Crippen LogP contribution in [0.1, 0.15) is 11.1 Å². The first-order chi connectivity index (χ1) is 6.45. The molecule has 0 spiro atoms. The minimum absolute atomic E-state index is 0.168. The van der Waals surface area contributed by atoms with Crippen LogP contribution < -0.4 is 5.90 Å². The lowest BCUT2D eigenvalue weighted by Crippen LogP contribution is -2.09. The largest absolute Gasteiger partial charge is 0.419 e. The molecule has 6 heteroatoms. The van der Waals surface area contributed by atoms with E-state index in [2.05, 4.69) is 10.7 Å². The zero-order chi connectivity index (χ0) is 10.8. The van der Waals surface area contributed by atoms with Gasteiger partial charge in [0.05, 0.1) is 12.2 Å². The third kappa shape index (κ3) is 2.43. The van der Waals surface area contributed by atoms with Gasteiger partial charge in [0.15, 0.2) is 0 Å². The van der Waals surface area contributed by atoms with Gasteiger partial charge in [-0.3, -0.25) is 4.84 Å². The fourth-order valence-electron chi connectivity index (χ4n) is 0.976. The number of halogens is 4. The molecule has 78 valence electrons. The van der Waals surface area contributed by atoms with E-state index in [1.807, 2.05) is 0 Å². The summed E-state index contributed by atoms with van der Waals surface area (Å²) >= 11 is 0. The van der Waals surface area contributed by atoms with Crippen molar-refractivity contribution < 1.29 is 22.4 Å². The normalized spacial score (nSPS) is 11.8. The van der Waals surface area contributed by atoms with Crippen LogP contribution in [0.5, 0.6) is 0 Å². The molecule has 1 rings (SSSR count). The van der Waals surface area contributed by atoms with E-state index < -0.39 is 17.6 Å². The fraction of sp³-hybridized carbons (Fsp3) is 0.250. The lowest BCUT2D eigenvalue weighted by Gasteiger charge is -2.09. The Kier molecular flexibility index (Phi) is 3.07. The molecule has 0 aliphatic heterocycles. The maximum Gasteiger partial charge on any atom is 0.419 e. The quantitative estimate of drug-likeness (QED) is 0.598. The highest BCUT2D eigenvalue weighted by Gasteiger charge is 2.34. The van der Waals surface area contributed by atoms with Gasteiger partial charge in [-0.25, -0.2) is 10.3 Å². The highest BCUT2D eigenvalue weighted by atomic mass is 19.4. The molecule has 0 bridgehead atoms. The Morgan fingerprint density at radius 3 is 2.43 bits per heavy atom. The molecule has 0 unspecified atom stereocenters. The van der Waals surface area contributed by atoms with Gasteiger partial charge in [0.1, 0.15) is 5.82 Å². The number of hydrogen-bond donors (Lipinski definition) is 1. The van der Waals surface area contributed by atoms with E-state index in [4.69, 9.17) is 0 Å². The predicted octanol–water partition coefficient (Wildman–Crippen LogP) is 2.23. The Hall–Kier alpha value is -1.14. The molecule has 1 aromatic carbocycles. The standard InChI is InChI=1S/C8H7F4NO/c9-7-2-1-5(4-14-13)3-6(7)8(10,11)12/h1-3H,4,13H2. The maximum absolute atomic E-state index is 12.7. The van der Waals surface area contributed by atoms with Gasteiger partial charge in [0, 0.05) is 0 Å². The molecule has 0 aliphatic carbocycles. The molecule has 0 saturated heterocycles. The summed E-state index contributed by atoms with van der Waals surface area (Å²) in [4.78, 5) is 4.15. The zero-order valence-electron chi connectivity index (χ0n) is 6.94. The first kappa shape index (κ1) is 10.9. The first-order valence-electron chi connectivity index (χ1n) is 3.62. The van der Waals surface area contributed by atoms with Gasteiger partial charge in [-0.2, -0.15) is 13.2 Å². The summed E-state index contributed by atoms with van der Waals surface area (Å²) in [6.45, 7) is -0.191. The van der Waals surface area contributed by atoms with E-state index in [0.29, 0.717) is 6.07 Å². The van der Waals surface area contributed by atoms with Crippen LogP contribution in [0.15, 0.2) is 18.2 Å². The monoisotopic (exact) mass is 209 g/mol. The Bertz CT molecular complexity index is 324. The van der Waals surface area contributed by atoms with Crippen molar-refractivity contribution in [1.29, 1.82) is 0 Å². The molecule has 0 saturated carbocycles. The van der Waals surface area contributed by atoms with Crippen LogP contribution in [-0.2, 0) is 17.6 Å². The van der Waals surface area contributed by atoms with Gasteiger partial charge in [0.2, 0.25) is 0 Å². The third-order valence-corrected chi connectivity index (χ3v) is 1.59. The Labute approximate surface area is 77.2 Å². The number of alkyl halides is 3. The van der Waals surface area contributed by atoms with E-state index in [-0.39, 0.29) is 12.2 Å². The van der Waals surface area contributed by atoms with Crippen molar-refractivity contribution in [2.75, 3.05) is 0 Å². The van der Waals surface area contributed by atoms with Gasteiger partial charge in [-0.15, -0.1) is 0 Å². The van der Waals surface area contributed by atoms with E-state index in [1.165, 1.54) is 6.07 Å². The predicted molar refractivity (Wildman–Crippen MR) is 40.4 cm³/mol. The number of hydrogen-bond acceptors (Lipinski definition) is 2. The molecule has 0 fully saturated rings. The van der Waals surface area contributed by atoms with Gasteiger partial charge in [-0.05, 0) is 17.7 Å². The van der Waals surface area contributed by atoms with Crippen molar-refractivity contribution in [2.24, 2.45) is 5.90 Å². The summed E-state index contributed by atoms with van der Waals surface area (Å²) in [5, 5.41) is 0. The van der Waals surface area contributed by atoms with Crippen LogP contribution in [-0.4, -0.2) is 0 Å². The van der Waals surface area contributed by atoms with E-state index in [9.17, 15) is 17.6 Å². The summed E-state index contributed by atoms with van der Waals surface area (Å²) in [6.07, 6.45) is -4.70. The van der Waals surface area contributed by atoms with Crippen LogP contribution >= 0.6 is 0 Å². The zero-order valence-corrected chi connectivity index (χ0v) is 6.94. The maximum atomic E-state index is 12.7. The Balaban J connectivity index is 3.09. The summed E-state index contributed by atoms with van der Waals surface area (Å²) in [5.41, 5.74) is -1.15. The van der Waals surface area contributed by atoms with Crippen molar-refractivity contribution in [3.8, 4) is 0 Å². The lowest BCUT2D eigenvalue weighted by atomic mass is 10.1. The van der Waals surface area contributed by atoms with E-state index >= 15 is 0 Å². The van der Waals surface area contributed by atoms with Crippen molar-refractivity contribution >= 4 is 0 Å². The van der Waals surface area contributed by atoms with Crippen LogP contribution in [0.25, 0.3) is 0 Å². The topological polar surface area (TPSA) is 35.2 Å². The van der Waals surface area contributed by atoms with E-state index in [1.54, 1.807) is 0 Å². The second-order valence-electron chi connectivity index (χ2n) is 2.62. The molecule has 1 aromatic rings. The van der Waals surface area contributed by atoms with Gasteiger partial charge < -0.3 is 0 Å². The van der Waals surface area contributed by atoms with Gasteiger partial charge in [-0.1, -0.05) is 6.07 Å². The number of nitrogens with two attached hydrogens (primary N) is 1. The molecular formula is C8H7F4NO. The van der Waals surface area contributed by atoms with Crippen LogP contribution in [0.2, 0.25) is 0 Å². The minimum Gasteiger partial charge on any atom is -0.300 e. The van der Waals surface area contributed by atoms with Crippen LogP contribution in [0.4, 0.5) is 17.6 Å². The van der Waals surface area contributed by atoms with Crippen molar-refractivity contribution in [1.82, 2.24) is 0 Å². The summed E-state index contributed by atoms with van der Waals surface area (Å²) in [7, 11) is 0. The third-order valence-electron chi connectivity index (χ3n) is 1.59. The molecule has 0 aromatic heterocycles. The Morgan fingerprint density at radius 1 is 1.29 bits per heavy atom. The second-order valence-corrected chi connectivity index (χ2v) is 2.62. The molecule has 0 radical (unpaired) electrons. The van der Waals surface area contributed by atoms with Crippen molar-refractivity contribution in [2.45, 2.75) is 12.8 Å². The number of rotatable bonds is 2. The first-order valence-corrected chi connectivity index (χ1v) is 3.62. The molecule has 0 amide bonds. The number of benzene rings is 1. The molecule has 0 heterocycles. The second kappa shape index (κ2) is 3.93. The molecule has 2 nitrogen and oxygen atoms in total. The Morgan fingerprint density at radius 2 is 1.93 bits per heavy atom. The van der Waals surface area contributed by atoms with Gasteiger partial charge in [0.25, 0.3) is 0 Å². The lowest BCUT2D eigenvalue weighted by molar-refractivity contribution is -0.140. The molecule has 14 heavy (non-hydrogen) atoms. The highest BCUT2D eigenvalue weighted by molar-refractivity contribution is 5.26. The summed E-state index contributed by atoms with van der Waals surface area (Å²) in [5.74, 6) is 3.38.